The lowest BCUT2D eigenvalue weighted by molar-refractivity contribution is 0.0474. The molecule has 0 aliphatic heterocycles. The Morgan fingerprint density at radius 3 is 2.60 bits per heavy atom. The van der Waals surface area contributed by atoms with Crippen molar-refractivity contribution < 1.29 is 13.9 Å². The normalized spacial score (nSPS) is 12.1. The van der Waals surface area contributed by atoms with Crippen LogP contribution in [0.2, 0.25) is 0 Å². The minimum Gasteiger partial charge on any atom is -0.461 e. The number of amides is 1. The van der Waals surface area contributed by atoms with Crippen molar-refractivity contribution in [3.05, 3.63) is 24.2 Å². The van der Waals surface area contributed by atoms with Crippen molar-refractivity contribution in [2.75, 3.05) is 20.1 Å². The molecule has 0 bridgehead atoms. The number of carbonyl (C=O) groups excluding carboxylic acids is 1. The van der Waals surface area contributed by atoms with Gasteiger partial charge in [0.15, 0.2) is 11.7 Å². The molecule has 168 valence electrons. The second-order valence-electron chi connectivity index (χ2n) is 8.20. The lowest BCUT2D eigenvalue weighted by Crippen LogP contribution is -2.54. The van der Waals surface area contributed by atoms with Crippen LogP contribution in [-0.2, 0) is 11.2 Å². The maximum atomic E-state index is 12.0. The third kappa shape index (κ3) is 9.01. The van der Waals surface area contributed by atoms with Gasteiger partial charge in [-0.25, -0.2) is 9.78 Å². The standard InChI is InChI=1S/C19H31N7O3.HI/c1-18(2,3)29-17(27)24-19(4,5)12-22-16(20-6)21-10-9-14-23-15(26-25-14)13-8-7-11-28-13;/h7-8,11H,9-10,12H2,1-6H3,(H,24,27)(H2,20,21,22)(H,23,25,26);1H. The summed E-state index contributed by atoms with van der Waals surface area (Å²) in [6.07, 6.45) is 1.76. The number of halogens is 1. The molecular formula is C19H32IN7O3. The maximum Gasteiger partial charge on any atom is 0.408 e. The van der Waals surface area contributed by atoms with E-state index in [1.54, 1.807) is 19.4 Å². The molecule has 2 aromatic rings. The first kappa shape index (κ1) is 25.7. The molecule has 4 N–H and O–H groups in total. The van der Waals surface area contributed by atoms with Crippen molar-refractivity contribution in [2.24, 2.45) is 4.99 Å². The van der Waals surface area contributed by atoms with E-state index in [2.05, 4.69) is 36.1 Å². The van der Waals surface area contributed by atoms with Crippen LogP contribution in [0.4, 0.5) is 4.79 Å². The number of nitrogens with zero attached hydrogens (tertiary/aromatic N) is 3. The summed E-state index contributed by atoms with van der Waals surface area (Å²) in [5, 5.41) is 16.3. The van der Waals surface area contributed by atoms with Crippen LogP contribution in [0, 0.1) is 0 Å². The molecule has 0 aliphatic carbocycles. The number of furan rings is 1. The molecule has 0 aliphatic rings. The van der Waals surface area contributed by atoms with Crippen LogP contribution in [0.1, 0.15) is 40.4 Å². The predicted octanol–water partition coefficient (Wildman–Crippen LogP) is 2.69. The van der Waals surface area contributed by atoms with Gasteiger partial charge in [0.05, 0.1) is 11.8 Å². The van der Waals surface area contributed by atoms with Gasteiger partial charge < -0.3 is 25.1 Å². The van der Waals surface area contributed by atoms with Crippen LogP contribution in [0.25, 0.3) is 11.6 Å². The molecule has 11 heteroatoms. The minimum atomic E-state index is -0.539. The Balaban J connectivity index is 0.00000450. The molecule has 10 nitrogen and oxygen atoms in total. The summed E-state index contributed by atoms with van der Waals surface area (Å²) in [5.41, 5.74) is -1.06. The van der Waals surface area contributed by atoms with E-state index in [4.69, 9.17) is 9.15 Å². The van der Waals surface area contributed by atoms with Gasteiger partial charge in [-0.2, -0.15) is 5.10 Å². The number of hydrogen-bond donors (Lipinski definition) is 4. The quantitative estimate of drug-likeness (QED) is 0.245. The monoisotopic (exact) mass is 533 g/mol. The number of carbonyl (C=O) groups is 1. The van der Waals surface area contributed by atoms with Gasteiger partial charge in [-0.1, -0.05) is 0 Å². The molecule has 2 aromatic heterocycles. The summed E-state index contributed by atoms with van der Waals surface area (Å²) < 4.78 is 10.6. The fraction of sp³-hybridized carbons (Fsp3) is 0.579. The first-order chi connectivity index (χ1) is 13.6. The fourth-order valence-corrected chi connectivity index (χ4v) is 2.37. The zero-order valence-electron chi connectivity index (χ0n) is 18.3. The molecule has 30 heavy (non-hydrogen) atoms. The summed E-state index contributed by atoms with van der Waals surface area (Å²) in [5.74, 6) is 2.52. The summed E-state index contributed by atoms with van der Waals surface area (Å²) >= 11 is 0. The molecule has 0 saturated heterocycles. The van der Waals surface area contributed by atoms with Crippen LogP contribution in [0.15, 0.2) is 27.8 Å². The molecule has 0 spiro atoms. The van der Waals surface area contributed by atoms with Crippen molar-refractivity contribution >= 4 is 36.0 Å². The van der Waals surface area contributed by atoms with Crippen molar-refractivity contribution in [1.82, 2.24) is 31.1 Å². The van der Waals surface area contributed by atoms with Crippen molar-refractivity contribution in [2.45, 2.75) is 52.2 Å². The molecule has 0 radical (unpaired) electrons. The number of aromatic amines is 1. The van der Waals surface area contributed by atoms with Crippen molar-refractivity contribution in [1.29, 1.82) is 0 Å². The van der Waals surface area contributed by atoms with Crippen LogP contribution in [0.5, 0.6) is 0 Å². The van der Waals surface area contributed by atoms with Gasteiger partial charge >= 0.3 is 6.09 Å². The molecule has 0 aromatic carbocycles. The number of aliphatic imine (C=N–C) groups is 1. The zero-order chi connectivity index (χ0) is 21.5. The summed E-state index contributed by atoms with van der Waals surface area (Å²) in [7, 11) is 1.69. The molecule has 0 unspecified atom stereocenters. The summed E-state index contributed by atoms with van der Waals surface area (Å²) in [6.45, 7) is 10.4. The highest BCUT2D eigenvalue weighted by molar-refractivity contribution is 14.0. The fourth-order valence-electron chi connectivity index (χ4n) is 2.37. The Kier molecular flexibility index (Phi) is 9.59. The SMILES string of the molecule is CN=C(NCCc1nc(-c2ccco2)n[nH]1)NCC(C)(C)NC(=O)OC(C)(C)C.I. The number of aromatic nitrogens is 3. The van der Waals surface area contributed by atoms with E-state index in [-0.39, 0.29) is 24.0 Å². The number of H-pyrrole nitrogens is 1. The Bertz CT molecular complexity index is 810. The number of ether oxygens (including phenoxy) is 1. The first-order valence-electron chi connectivity index (χ1n) is 9.49. The van der Waals surface area contributed by atoms with E-state index >= 15 is 0 Å². The lowest BCUT2D eigenvalue weighted by Gasteiger charge is -2.29. The highest BCUT2D eigenvalue weighted by atomic mass is 127. The Labute approximate surface area is 194 Å². The number of nitrogens with one attached hydrogen (secondary N) is 4. The highest BCUT2D eigenvalue weighted by Crippen LogP contribution is 2.14. The van der Waals surface area contributed by atoms with Crippen LogP contribution in [0.3, 0.4) is 0 Å². The van der Waals surface area contributed by atoms with E-state index in [1.807, 2.05) is 40.7 Å². The largest absolute Gasteiger partial charge is 0.461 e. The third-order valence-corrected chi connectivity index (χ3v) is 3.69. The predicted molar refractivity (Wildman–Crippen MR) is 126 cm³/mol. The van der Waals surface area contributed by atoms with Gasteiger partial charge in [0.1, 0.15) is 11.4 Å². The Morgan fingerprint density at radius 1 is 1.27 bits per heavy atom. The first-order valence-corrected chi connectivity index (χ1v) is 9.49. The second-order valence-corrected chi connectivity index (χ2v) is 8.20. The smallest absolute Gasteiger partial charge is 0.408 e. The van der Waals surface area contributed by atoms with Crippen LogP contribution >= 0.6 is 24.0 Å². The topological polar surface area (TPSA) is 129 Å². The molecule has 2 heterocycles. The average molecular weight is 533 g/mol. The molecule has 2 rings (SSSR count). The van der Waals surface area contributed by atoms with E-state index in [0.717, 1.165) is 5.82 Å². The molecule has 0 atom stereocenters. The molecule has 1 amide bonds. The Hall–Kier alpha value is -2.31. The van der Waals surface area contributed by atoms with Gasteiger partial charge in [-0.15, -0.1) is 24.0 Å². The highest BCUT2D eigenvalue weighted by Gasteiger charge is 2.24. The van der Waals surface area contributed by atoms with E-state index in [0.29, 0.717) is 37.1 Å². The van der Waals surface area contributed by atoms with Crippen molar-refractivity contribution in [3.8, 4) is 11.6 Å². The number of rotatable bonds is 7. The minimum absolute atomic E-state index is 0. The maximum absolute atomic E-state index is 12.0. The van der Waals surface area contributed by atoms with E-state index in [9.17, 15) is 4.79 Å². The van der Waals surface area contributed by atoms with E-state index < -0.39 is 17.2 Å². The lowest BCUT2D eigenvalue weighted by atomic mass is 10.1. The Morgan fingerprint density at radius 2 is 2.00 bits per heavy atom. The number of guanidine groups is 1. The zero-order valence-corrected chi connectivity index (χ0v) is 20.7. The molecule has 0 fully saturated rings. The number of alkyl carbamates (subject to hydrolysis) is 1. The number of hydrogen-bond acceptors (Lipinski definition) is 6. The van der Waals surface area contributed by atoms with Crippen molar-refractivity contribution in [3.63, 3.8) is 0 Å². The van der Waals surface area contributed by atoms with Gasteiger partial charge in [-0.3, -0.25) is 10.1 Å². The van der Waals surface area contributed by atoms with Gasteiger partial charge in [0.2, 0.25) is 5.82 Å². The summed E-state index contributed by atoms with van der Waals surface area (Å²) in [6, 6.07) is 3.60. The van der Waals surface area contributed by atoms with Gasteiger partial charge in [0.25, 0.3) is 0 Å². The van der Waals surface area contributed by atoms with Crippen LogP contribution in [-0.4, -0.2) is 58.5 Å². The summed E-state index contributed by atoms with van der Waals surface area (Å²) in [4.78, 5) is 20.6. The second kappa shape index (κ2) is 11.2. The molecular weight excluding hydrogens is 501 g/mol. The van der Waals surface area contributed by atoms with Gasteiger partial charge in [0, 0.05) is 26.6 Å². The van der Waals surface area contributed by atoms with E-state index in [1.165, 1.54) is 0 Å². The van der Waals surface area contributed by atoms with Gasteiger partial charge in [-0.05, 0) is 46.8 Å². The van der Waals surface area contributed by atoms with Crippen LogP contribution < -0.4 is 16.0 Å². The average Bonchev–Trinajstić information content (AvgIpc) is 3.26. The third-order valence-electron chi connectivity index (χ3n) is 3.69. The molecule has 0 saturated carbocycles.